The maximum Gasteiger partial charge on any atom is 0.127 e. The number of benzene rings is 1. The van der Waals surface area contributed by atoms with Crippen LogP contribution in [0.25, 0.3) is 0 Å². The first-order valence-electron chi connectivity index (χ1n) is 7.75. The first-order valence-corrected chi connectivity index (χ1v) is 7.75. The zero-order valence-electron chi connectivity index (χ0n) is 12.7. The van der Waals surface area contributed by atoms with Crippen LogP contribution in [0.5, 0.6) is 5.75 Å². The summed E-state index contributed by atoms with van der Waals surface area (Å²) in [5.41, 5.74) is 3.60. The fraction of sp³-hybridized carbons (Fsp3) is 0.647. The molecule has 3 rings (SSSR count). The number of aliphatic hydroxyl groups excluding tert-OH is 1. The van der Waals surface area contributed by atoms with E-state index in [0.717, 1.165) is 12.3 Å². The van der Waals surface area contributed by atoms with Gasteiger partial charge in [-0.1, -0.05) is 24.1 Å². The lowest BCUT2D eigenvalue weighted by Gasteiger charge is -2.44. The topological polar surface area (TPSA) is 32.7 Å². The van der Waals surface area contributed by atoms with Crippen LogP contribution < -0.4 is 4.74 Å². The molecule has 2 aliphatic heterocycles. The molecule has 2 aliphatic rings. The number of rotatable bonds is 1. The third kappa shape index (κ3) is 2.33. The van der Waals surface area contributed by atoms with Crippen molar-refractivity contribution in [2.24, 2.45) is 0 Å². The van der Waals surface area contributed by atoms with Crippen molar-refractivity contribution in [1.29, 1.82) is 0 Å². The van der Waals surface area contributed by atoms with Crippen LogP contribution in [0.15, 0.2) is 12.1 Å². The summed E-state index contributed by atoms with van der Waals surface area (Å²) in [6, 6.07) is 4.98. The number of aliphatic hydroxyl groups is 1. The SMILES string of the molecule is Cc1cc(C)c2c(c1)C(N1CCCCC1C)C(O)CO2. The van der Waals surface area contributed by atoms with Crippen molar-refractivity contribution in [2.75, 3.05) is 13.2 Å². The molecule has 0 spiro atoms. The summed E-state index contributed by atoms with van der Waals surface area (Å²) in [6.07, 6.45) is 3.33. The van der Waals surface area contributed by atoms with E-state index in [0.29, 0.717) is 12.6 Å². The van der Waals surface area contributed by atoms with Gasteiger partial charge in [0.2, 0.25) is 0 Å². The lowest BCUT2D eigenvalue weighted by molar-refractivity contribution is -0.0250. The first kappa shape index (κ1) is 13.9. The van der Waals surface area contributed by atoms with Crippen molar-refractivity contribution >= 4 is 0 Å². The molecule has 3 unspecified atom stereocenters. The maximum absolute atomic E-state index is 10.5. The minimum absolute atomic E-state index is 0.0904. The van der Waals surface area contributed by atoms with E-state index in [1.807, 2.05) is 0 Å². The molecule has 1 N–H and O–H groups in total. The van der Waals surface area contributed by atoms with Gasteiger partial charge >= 0.3 is 0 Å². The summed E-state index contributed by atoms with van der Waals surface area (Å²) in [7, 11) is 0. The van der Waals surface area contributed by atoms with E-state index in [9.17, 15) is 5.11 Å². The van der Waals surface area contributed by atoms with Gasteiger partial charge in [0.1, 0.15) is 18.5 Å². The van der Waals surface area contributed by atoms with Crippen LogP contribution in [0, 0.1) is 13.8 Å². The number of piperidine rings is 1. The molecular formula is C17H25NO2. The molecule has 0 saturated carbocycles. The standard InChI is InChI=1S/C17H25NO2/c1-11-8-12(2)17-14(9-11)16(15(19)10-20-17)18-7-5-4-6-13(18)3/h8-9,13,15-16,19H,4-7,10H2,1-3H3. The number of aryl methyl sites for hydroxylation is 2. The Kier molecular flexibility index (Phi) is 3.74. The highest BCUT2D eigenvalue weighted by molar-refractivity contribution is 5.47. The van der Waals surface area contributed by atoms with E-state index in [2.05, 4.69) is 37.8 Å². The number of fused-ring (bicyclic) bond motifs is 1. The smallest absolute Gasteiger partial charge is 0.127 e. The van der Waals surface area contributed by atoms with Gasteiger partial charge in [-0.15, -0.1) is 0 Å². The second-order valence-corrected chi connectivity index (χ2v) is 6.41. The van der Waals surface area contributed by atoms with Crippen molar-refractivity contribution in [3.05, 3.63) is 28.8 Å². The molecule has 2 heterocycles. The largest absolute Gasteiger partial charge is 0.490 e. The lowest BCUT2D eigenvalue weighted by Crippen LogP contribution is -2.48. The van der Waals surface area contributed by atoms with Crippen LogP contribution in [0.2, 0.25) is 0 Å². The van der Waals surface area contributed by atoms with Crippen LogP contribution in [0.4, 0.5) is 0 Å². The molecule has 0 aliphatic carbocycles. The third-order valence-corrected chi connectivity index (χ3v) is 4.74. The van der Waals surface area contributed by atoms with Crippen molar-refractivity contribution in [1.82, 2.24) is 4.90 Å². The molecule has 1 aromatic carbocycles. The molecule has 1 saturated heterocycles. The summed E-state index contributed by atoms with van der Waals surface area (Å²) in [5, 5.41) is 10.5. The molecule has 0 radical (unpaired) electrons. The minimum atomic E-state index is -0.427. The molecule has 0 bridgehead atoms. The fourth-order valence-corrected chi connectivity index (χ4v) is 3.80. The molecule has 0 amide bonds. The molecule has 110 valence electrons. The predicted molar refractivity (Wildman–Crippen MR) is 80.2 cm³/mol. The molecule has 20 heavy (non-hydrogen) atoms. The molecule has 1 aromatic rings. The predicted octanol–water partition coefficient (Wildman–Crippen LogP) is 2.97. The summed E-state index contributed by atoms with van der Waals surface area (Å²) >= 11 is 0. The Bertz CT molecular complexity index is 500. The van der Waals surface area contributed by atoms with Gasteiger partial charge in [0.25, 0.3) is 0 Å². The first-order chi connectivity index (χ1) is 9.58. The quantitative estimate of drug-likeness (QED) is 0.855. The monoisotopic (exact) mass is 275 g/mol. The van der Waals surface area contributed by atoms with Gasteiger partial charge in [0.05, 0.1) is 6.04 Å². The normalized spacial score (nSPS) is 30.7. The molecule has 3 nitrogen and oxygen atoms in total. The molecule has 1 fully saturated rings. The Balaban J connectivity index is 2.02. The van der Waals surface area contributed by atoms with Gasteiger partial charge in [0.15, 0.2) is 0 Å². The van der Waals surface area contributed by atoms with Crippen molar-refractivity contribution in [2.45, 2.75) is 58.2 Å². The van der Waals surface area contributed by atoms with E-state index >= 15 is 0 Å². The van der Waals surface area contributed by atoms with Crippen LogP contribution in [0.3, 0.4) is 0 Å². The Hall–Kier alpha value is -1.06. The summed E-state index contributed by atoms with van der Waals surface area (Å²) in [5.74, 6) is 0.990. The summed E-state index contributed by atoms with van der Waals surface area (Å²) in [4.78, 5) is 2.48. The highest BCUT2D eigenvalue weighted by Crippen LogP contribution is 2.41. The Morgan fingerprint density at radius 3 is 2.80 bits per heavy atom. The van der Waals surface area contributed by atoms with Gasteiger partial charge in [0, 0.05) is 11.6 Å². The zero-order valence-corrected chi connectivity index (χ0v) is 12.7. The lowest BCUT2D eigenvalue weighted by atomic mass is 9.90. The van der Waals surface area contributed by atoms with E-state index < -0.39 is 6.10 Å². The number of likely N-dealkylation sites (tertiary alicyclic amines) is 1. The average Bonchev–Trinajstić information content (AvgIpc) is 2.39. The Morgan fingerprint density at radius 1 is 1.25 bits per heavy atom. The van der Waals surface area contributed by atoms with E-state index in [-0.39, 0.29) is 6.04 Å². The third-order valence-electron chi connectivity index (χ3n) is 4.74. The number of nitrogens with zero attached hydrogens (tertiary/aromatic N) is 1. The summed E-state index contributed by atoms with van der Waals surface area (Å²) in [6.45, 7) is 7.98. The van der Waals surface area contributed by atoms with E-state index in [4.69, 9.17) is 4.74 Å². The van der Waals surface area contributed by atoms with Crippen molar-refractivity contribution in [3.8, 4) is 5.75 Å². The molecule has 3 atom stereocenters. The maximum atomic E-state index is 10.5. The van der Waals surface area contributed by atoms with Crippen molar-refractivity contribution in [3.63, 3.8) is 0 Å². The molecule has 0 aromatic heterocycles. The van der Waals surface area contributed by atoms with Gasteiger partial charge < -0.3 is 9.84 Å². The van der Waals surface area contributed by atoms with Crippen LogP contribution in [0.1, 0.15) is 48.9 Å². The zero-order chi connectivity index (χ0) is 14.3. The molecule has 3 heteroatoms. The Morgan fingerprint density at radius 2 is 2.05 bits per heavy atom. The van der Waals surface area contributed by atoms with E-state index in [1.165, 1.54) is 36.0 Å². The van der Waals surface area contributed by atoms with Crippen LogP contribution in [-0.4, -0.2) is 35.3 Å². The molecular weight excluding hydrogens is 250 g/mol. The minimum Gasteiger partial charge on any atom is -0.490 e. The Labute approximate surface area is 121 Å². The second-order valence-electron chi connectivity index (χ2n) is 6.41. The number of ether oxygens (including phenoxy) is 1. The van der Waals surface area contributed by atoms with Crippen molar-refractivity contribution < 1.29 is 9.84 Å². The fourth-order valence-electron chi connectivity index (χ4n) is 3.80. The van der Waals surface area contributed by atoms with Gasteiger partial charge in [-0.05, 0) is 45.7 Å². The van der Waals surface area contributed by atoms with Gasteiger partial charge in [-0.3, -0.25) is 4.90 Å². The van der Waals surface area contributed by atoms with Crippen LogP contribution in [-0.2, 0) is 0 Å². The number of hydrogen-bond acceptors (Lipinski definition) is 3. The summed E-state index contributed by atoms with van der Waals surface area (Å²) < 4.78 is 5.80. The van der Waals surface area contributed by atoms with Gasteiger partial charge in [-0.25, -0.2) is 0 Å². The van der Waals surface area contributed by atoms with Crippen LogP contribution >= 0.6 is 0 Å². The average molecular weight is 275 g/mol. The van der Waals surface area contributed by atoms with E-state index in [1.54, 1.807) is 0 Å². The second kappa shape index (κ2) is 5.38. The number of hydrogen-bond donors (Lipinski definition) is 1. The highest BCUT2D eigenvalue weighted by atomic mass is 16.5. The highest BCUT2D eigenvalue weighted by Gasteiger charge is 2.37. The van der Waals surface area contributed by atoms with Gasteiger partial charge in [-0.2, -0.15) is 0 Å².